The average molecular weight is 203 g/mol. The van der Waals surface area contributed by atoms with Crippen LogP contribution in [0.3, 0.4) is 0 Å². The molecule has 0 aromatic carbocycles. The normalized spacial score (nSPS) is 12.9. The van der Waals surface area contributed by atoms with Gasteiger partial charge in [-0.3, -0.25) is 9.69 Å². The van der Waals surface area contributed by atoms with Crippen molar-refractivity contribution in [1.82, 2.24) is 10.2 Å². The number of hydrogen-bond donors (Lipinski definition) is 2. The molecule has 0 aliphatic rings. The van der Waals surface area contributed by atoms with E-state index in [0.717, 1.165) is 6.54 Å². The van der Waals surface area contributed by atoms with Crippen molar-refractivity contribution in [3.63, 3.8) is 0 Å². The predicted molar refractivity (Wildman–Crippen MR) is 56.0 cm³/mol. The van der Waals surface area contributed by atoms with Gasteiger partial charge in [0.2, 0.25) is 5.91 Å². The Morgan fingerprint density at radius 3 is 2.71 bits per heavy atom. The zero-order chi connectivity index (χ0) is 11.0. The van der Waals surface area contributed by atoms with Gasteiger partial charge in [0.15, 0.2) is 0 Å². The van der Waals surface area contributed by atoms with Crippen LogP contribution in [0.15, 0.2) is 0 Å². The Balaban J connectivity index is 3.91. The second-order valence-corrected chi connectivity index (χ2v) is 3.24. The van der Waals surface area contributed by atoms with Gasteiger partial charge >= 0.3 is 0 Å². The van der Waals surface area contributed by atoms with E-state index < -0.39 is 0 Å². The first-order chi connectivity index (χ1) is 6.65. The SMILES string of the molecule is CNC(=O)CC(CN)N(C)CCOC. The minimum Gasteiger partial charge on any atom is -0.383 e. The number of nitrogens with zero attached hydrogens (tertiary/aromatic N) is 1. The van der Waals surface area contributed by atoms with E-state index in [2.05, 4.69) is 5.32 Å². The van der Waals surface area contributed by atoms with Crippen LogP contribution >= 0.6 is 0 Å². The Morgan fingerprint density at radius 2 is 2.29 bits per heavy atom. The Labute approximate surface area is 85.6 Å². The number of carbonyl (C=O) groups excluding carboxylic acids is 1. The second kappa shape index (κ2) is 7.73. The minimum atomic E-state index is 0.0183. The maximum Gasteiger partial charge on any atom is 0.221 e. The van der Waals surface area contributed by atoms with Crippen LogP contribution < -0.4 is 11.1 Å². The Kier molecular flexibility index (Phi) is 7.37. The number of nitrogens with one attached hydrogen (secondary N) is 1. The number of nitrogens with two attached hydrogens (primary N) is 1. The molecule has 1 amide bonds. The first kappa shape index (κ1) is 13.4. The quantitative estimate of drug-likeness (QED) is 0.558. The van der Waals surface area contributed by atoms with Crippen LogP contribution in [0.5, 0.6) is 0 Å². The third-order valence-corrected chi connectivity index (χ3v) is 2.24. The zero-order valence-electron chi connectivity index (χ0n) is 9.25. The van der Waals surface area contributed by atoms with Crippen molar-refractivity contribution in [2.24, 2.45) is 5.73 Å². The van der Waals surface area contributed by atoms with Crippen molar-refractivity contribution in [2.45, 2.75) is 12.5 Å². The molecule has 0 aliphatic heterocycles. The number of likely N-dealkylation sites (N-methyl/N-ethyl adjacent to an activating group) is 1. The van der Waals surface area contributed by atoms with Crippen molar-refractivity contribution in [1.29, 1.82) is 0 Å². The highest BCUT2D eigenvalue weighted by molar-refractivity contribution is 5.76. The number of ether oxygens (including phenoxy) is 1. The summed E-state index contributed by atoms with van der Waals surface area (Å²) < 4.78 is 4.96. The van der Waals surface area contributed by atoms with Crippen LogP contribution in [0.2, 0.25) is 0 Å². The molecule has 5 heteroatoms. The van der Waals surface area contributed by atoms with Crippen LogP contribution in [0.25, 0.3) is 0 Å². The lowest BCUT2D eigenvalue weighted by atomic mass is 10.1. The third kappa shape index (κ3) is 5.16. The lowest BCUT2D eigenvalue weighted by molar-refractivity contribution is -0.121. The van der Waals surface area contributed by atoms with Crippen LogP contribution in [0, 0.1) is 0 Å². The van der Waals surface area contributed by atoms with Gasteiger partial charge in [-0.25, -0.2) is 0 Å². The molecule has 0 radical (unpaired) electrons. The van der Waals surface area contributed by atoms with Crippen molar-refractivity contribution in [2.75, 3.05) is 40.9 Å². The summed E-state index contributed by atoms with van der Waals surface area (Å²) in [6, 6.07) is 0.0881. The molecular formula is C9H21N3O2. The van der Waals surface area contributed by atoms with Crippen molar-refractivity contribution in [3.05, 3.63) is 0 Å². The van der Waals surface area contributed by atoms with Gasteiger partial charge in [0.05, 0.1) is 6.61 Å². The fraction of sp³-hybridized carbons (Fsp3) is 0.889. The van der Waals surface area contributed by atoms with Gasteiger partial charge in [0.25, 0.3) is 0 Å². The van der Waals surface area contributed by atoms with Gasteiger partial charge in [-0.05, 0) is 7.05 Å². The smallest absolute Gasteiger partial charge is 0.221 e. The molecule has 0 saturated carbocycles. The van der Waals surface area contributed by atoms with Gasteiger partial charge in [0, 0.05) is 39.7 Å². The average Bonchev–Trinajstić information content (AvgIpc) is 2.21. The number of hydrogen-bond acceptors (Lipinski definition) is 4. The lowest BCUT2D eigenvalue weighted by Gasteiger charge is -2.25. The molecule has 1 atom stereocenters. The summed E-state index contributed by atoms with van der Waals surface area (Å²) in [5.74, 6) is 0.0183. The molecule has 84 valence electrons. The fourth-order valence-corrected chi connectivity index (χ4v) is 1.15. The molecule has 0 heterocycles. The number of amides is 1. The molecule has 3 N–H and O–H groups in total. The molecule has 0 aliphatic carbocycles. The molecular weight excluding hydrogens is 182 g/mol. The summed E-state index contributed by atoms with van der Waals surface area (Å²) in [5, 5.41) is 2.59. The molecule has 0 aromatic rings. The summed E-state index contributed by atoms with van der Waals surface area (Å²) in [6.45, 7) is 1.92. The third-order valence-electron chi connectivity index (χ3n) is 2.24. The molecule has 0 rings (SSSR count). The van der Waals surface area contributed by atoms with E-state index in [1.165, 1.54) is 0 Å². The van der Waals surface area contributed by atoms with E-state index in [1.54, 1.807) is 14.2 Å². The molecule has 1 unspecified atom stereocenters. The lowest BCUT2D eigenvalue weighted by Crippen LogP contribution is -2.42. The van der Waals surface area contributed by atoms with E-state index in [-0.39, 0.29) is 11.9 Å². The van der Waals surface area contributed by atoms with Crippen LogP contribution in [-0.4, -0.2) is 57.8 Å². The molecule has 0 aromatic heterocycles. The van der Waals surface area contributed by atoms with Crippen LogP contribution in [0.1, 0.15) is 6.42 Å². The molecule has 0 spiro atoms. The maximum absolute atomic E-state index is 11.1. The second-order valence-electron chi connectivity index (χ2n) is 3.24. The molecule has 0 saturated heterocycles. The Bertz CT molecular complexity index is 164. The monoisotopic (exact) mass is 203 g/mol. The number of methoxy groups -OCH3 is 1. The van der Waals surface area contributed by atoms with Crippen LogP contribution in [-0.2, 0) is 9.53 Å². The summed E-state index contributed by atoms with van der Waals surface area (Å²) in [4.78, 5) is 13.2. The number of carbonyl (C=O) groups is 1. The van der Waals surface area contributed by atoms with E-state index >= 15 is 0 Å². The summed E-state index contributed by atoms with van der Waals surface area (Å²) >= 11 is 0. The first-order valence-corrected chi connectivity index (χ1v) is 4.75. The largest absolute Gasteiger partial charge is 0.383 e. The summed E-state index contributed by atoms with van der Waals surface area (Å²) in [5.41, 5.74) is 5.59. The predicted octanol–water partition coefficient (Wildman–Crippen LogP) is -0.972. The molecule has 14 heavy (non-hydrogen) atoms. The standard InChI is InChI=1S/C9H21N3O2/c1-11-9(13)6-8(7-10)12(2)4-5-14-3/h8H,4-7,10H2,1-3H3,(H,11,13). The van der Waals surface area contributed by atoms with Crippen molar-refractivity contribution < 1.29 is 9.53 Å². The van der Waals surface area contributed by atoms with Crippen molar-refractivity contribution in [3.8, 4) is 0 Å². The Morgan fingerprint density at radius 1 is 1.64 bits per heavy atom. The number of rotatable bonds is 7. The van der Waals surface area contributed by atoms with Crippen LogP contribution in [0.4, 0.5) is 0 Å². The van der Waals surface area contributed by atoms with Gasteiger partial charge in [-0.1, -0.05) is 0 Å². The molecule has 0 bridgehead atoms. The van der Waals surface area contributed by atoms with E-state index in [4.69, 9.17) is 10.5 Å². The van der Waals surface area contributed by atoms with E-state index in [9.17, 15) is 4.79 Å². The highest BCUT2D eigenvalue weighted by Gasteiger charge is 2.15. The Hall–Kier alpha value is -0.650. The highest BCUT2D eigenvalue weighted by Crippen LogP contribution is 1.99. The van der Waals surface area contributed by atoms with Crippen molar-refractivity contribution >= 4 is 5.91 Å². The maximum atomic E-state index is 11.1. The fourth-order valence-electron chi connectivity index (χ4n) is 1.15. The van der Waals surface area contributed by atoms with Gasteiger partial charge < -0.3 is 15.8 Å². The highest BCUT2D eigenvalue weighted by atomic mass is 16.5. The van der Waals surface area contributed by atoms with Gasteiger partial charge in [-0.2, -0.15) is 0 Å². The zero-order valence-corrected chi connectivity index (χ0v) is 9.25. The minimum absolute atomic E-state index is 0.0183. The van der Waals surface area contributed by atoms with Gasteiger partial charge in [0.1, 0.15) is 0 Å². The molecule has 0 fully saturated rings. The van der Waals surface area contributed by atoms with Gasteiger partial charge in [-0.15, -0.1) is 0 Å². The topological polar surface area (TPSA) is 67.6 Å². The molecule has 5 nitrogen and oxygen atoms in total. The summed E-state index contributed by atoms with van der Waals surface area (Å²) in [7, 11) is 5.23. The van der Waals surface area contributed by atoms with E-state index in [0.29, 0.717) is 19.6 Å². The first-order valence-electron chi connectivity index (χ1n) is 4.75. The summed E-state index contributed by atoms with van der Waals surface area (Å²) in [6.07, 6.45) is 0.438. The van der Waals surface area contributed by atoms with E-state index in [1.807, 2.05) is 11.9 Å².